The lowest BCUT2D eigenvalue weighted by Crippen LogP contribution is -2.31. The van der Waals surface area contributed by atoms with Crippen LogP contribution in [0.1, 0.15) is 16.8 Å². The lowest BCUT2D eigenvalue weighted by atomic mass is 10.2. The van der Waals surface area contributed by atoms with Gasteiger partial charge in [0.25, 0.3) is 5.91 Å². The Hall–Kier alpha value is -2.08. The first-order valence-corrected chi connectivity index (χ1v) is 8.17. The third-order valence-electron chi connectivity index (χ3n) is 3.77. The number of carbonyl (C=O) groups is 1. The van der Waals surface area contributed by atoms with Gasteiger partial charge in [-0.2, -0.15) is 0 Å². The van der Waals surface area contributed by atoms with Crippen molar-refractivity contribution in [2.45, 2.75) is 12.5 Å². The van der Waals surface area contributed by atoms with Gasteiger partial charge in [0, 0.05) is 24.7 Å². The molecule has 1 unspecified atom stereocenters. The van der Waals surface area contributed by atoms with Crippen LogP contribution in [0.15, 0.2) is 47.1 Å². The number of nitrogens with zero attached hydrogens (tertiary/aromatic N) is 2. The maximum Gasteiger partial charge on any atom is 0.253 e. The van der Waals surface area contributed by atoms with Crippen LogP contribution in [0.2, 0.25) is 0 Å². The second-order valence-electron chi connectivity index (χ2n) is 5.30. The molecule has 2 aromatic rings. The SMILES string of the molecule is COc1ccc(C(=O)N2CCC(Oc3ncccc3Br)C2)cc1. The van der Waals surface area contributed by atoms with Crippen molar-refractivity contribution in [1.29, 1.82) is 0 Å². The molecule has 0 spiro atoms. The molecule has 1 saturated heterocycles. The second-order valence-corrected chi connectivity index (χ2v) is 6.15. The van der Waals surface area contributed by atoms with Gasteiger partial charge in [-0.3, -0.25) is 4.79 Å². The average molecular weight is 377 g/mol. The van der Waals surface area contributed by atoms with Crippen LogP contribution in [0.5, 0.6) is 11.6 Å². The van der Waals surface area contributed by atoms with E-state index in [0.29, 0.717) is 24.5 Å². The highest BCUT2D eigenvalue weighted by atomic mass is 79.9. The van der Waals surface area contributed by atoms with E-state index in [1.165, 1.54) is 0 Å². The number of likely N-dealkylation sites (tertiary alicyclic amines) is 1. The number of amides is 1. The fraction of sp³-hybridized carbons (Fsp3) is 0.294. The average Bonchev–Trinajstić information content (AvgIpc) is 3.05. The number of hydrogen-bond donors (Lipinski definition) is 0. The Morgan fingerprint density at radius 1 is 1.30 bits per heavy atom. The molecule has 1 aliphatic rings. The van der Waals surface area contributed by atoms with Crippen molar-refractivity contribution in [1.82, 2.24) is 9.88 Å². The molecule has 1 aromatic heterocycles. The summed E-state index contributed by atoms with van der Waals surface area (Å²) in [6.07, 6.45) is 2.45. The Balaban J connectivity index is 1.62. The molecule has 0 bridgehead atoms. The van der Waals surface area contributed by atoms with Gasteiger partial charge in [-0.05, 0) is 52.3 Å². The normalized spacial score (nSPS) is 17.1. The van der Waals surface area contributed by atoms with Crippen LogP contribution < -0.4 is 9.47 Å². The van der Waals surface area contributed by atoms with E-state index in [2.05, 4.69) is 20.9 Å². The summed E-state index contributed by atoms with van der Waals surface area (Å²) in [4.78, 5) is 18.5. The van der Waals surface area contributed by atoms with Crippen molar-refractivity contribution < 1.29 is 14.3 Å². The fourth-order valence-corrected chi connectivity index (χ4v) is 2.89. The molecule has 23 heavy (non-hydrogen) atoms. The summed E-state index contributed by atoms with van der Waals surface area (Å²) < 4.78 is 11.8. The molecule has 120 valence electrons. The molecule has 5 nitrogen and oxygen atoms in total. The van der Waals surface area contributed by atoms with Gasteiger partial charge in [0.15, 0.2) is 0 Å². The Kier molecular flexibility index (Phi) is 4.81. The van der Waals surface area contributed by atoms with E-state index in [-0.39, 0.29) is 12.0 Å². The first-order chi connectivity index (χ1) is 11.2. The van der Waals surface area contributed by atoms with Gasteiger partial charge in [0.2, 0.25) is 5.88 Å². The van der Waals surface area contributed by atoms with Crippen LogP contribution in [-0.2, 0) is 0 Å². The fourth-order valence-electron chi connectivity index (χ4n) is 2.54. The van der Waals surface area contributed by atoms with Crippen LogP contribution in [0.4, 0.5) is 0 Å². The standard InChI is InChI=1S/C17H17BrN2O3/c1-22-13-6-4-12(5-7-13)17(21)20-10-8-14(11-20)23-16-15(18)3-2-9-19-16/h2-7,9,14H,8,10-11H2,1H3. The Labute approximate surface area is 143 Å². The summed E-state index contributed by atoms with van der Waals surface area (Å²) >= 11 is 3.42. The molecule has 1 amide bonds. The highest BCUT2D eigenvalue weighted by molar-refractivity contribution is 9.10. The van der Waals surface area contributed by atoms with E-state index in [0.717, 1.165) is 16.6 Å². The van der Waals surface area contributed by atoms with Crippen molar-refractivity contribution in [2.75, 3.05) is 20.2 Å². The van der Waals surface area contributed by atoms with Gasteiger partial charge in [0.05, 0.1) is 18.1 Å². The number of carbonyl (C=O) groups excluding carboxylic acids is 1. The lowest BCUT2D eigenvalue weighted by Gasteiger charge is -2.17. The van der Waals surface area contributed by atoms with Gasteiger partial charge in [-0.25, -0.2) is 4.98 Å². The first kappa shape index (κ1) is 15.8. The summed E-state index contributed by atoms with van der Waals surface area (Å²) in [6, 6.07) is 10.9. The first-order valence-electron chi connectivity index (χ1n) is 7.38. The molecule has 3 rings (SSSR count). The van der Waals surface area contributed by atoms with Gasteiger partial charge in [-0.1, -0.05) is 0 Å². The molecule has 1 aliphatic heterocycles. The summed E-state index contributed by atoms with van der Waals surface area (Å²) in [5, 5.41) is 0. The van der Waals surface area contributed by atoms with Crippen molar-refractivity contribution in [3.63, 3.8) is 0 Å². The van der Waals surface area contributed by atoms with Crippen molar-refractivity contribution in [3.05, 3.63) is 52.6 Å². The zero-order chi connectivity index (χ0) is 16.2. The summed E-state index contributed by atoms with van der Waals surface area (Å²) in [6.45, 7) is 1.24. The van der Waals surface area contributed by atoms with Crippen LogP contribution in [0.3, 0.4) is 0 Å². The summed E-state index contributed by atoms with van der Waals surface area (Å²) in [7, 11) is 1.61. The number of halogens is 1. The van der Waals surface area contributed by atoms with Crippen molar-refractivity contribution >= 4 is 21.8 Å². The van der Waals surface area contributed by atoms with Gasteiger partial charge >= 0.3 is 0 Å². The largest absolute Gasteiger partial charge is 0.497 e. The number of aromatic nitrogens is 1. The Bertz CT molecular complexity index is 690. The number of pyridine rings is 1. The third-order valence-corrected chi connectivity index (χ3v) is 4.38. The predicted molar refractivity (Wildman–Crippen MR) is 89.9 cm³/mol. The minimum Gasteiger partial charge on any atom is -0.497 e. The van der Waals surface area contributed by atoms with E-state index < -0.39 is 0 Å². The number of hydrogen-bond acceptors (Lipinski definition) is 4. The molecule has 0 saturated carbocycles. The molecule has 2 heterocycles. The van der Waals surface area contributed by atoms with E-state index in [9.17, 15) is 4.79 Å². The molecule has 0 N–H and O–H groups in total. The summed E-state index contributed by atoms with van der Waals surface area (Å²) in [5.41, 5.74) is 0.658. The molecular weight excluding hydrogens is 360 g/mol. The van der Waals surface area contributed by atoms with Crippen molar-refractivity contribution in [2.24, 2.45) is 0 Å². The van der Waals surface area contributed by atoms with Gasteiger partial charge in [-0.15, -0.1) is 0 Å². The lowest BCUT2D eigenvalue weighted by molar-refractivity contribution is 0.0771. The minimum absolute atomic E-state index is 0.0128. The monoisotopic (exact) mass is 376 g/mol. The van der Waals surface area contributed by atoms with E-state index in [1.54, 1.807) is 37.6 Å². The Morgan fingerprint density at radius 2 is 2.09 bits per heavy atom. The maximum atomic E-state index is 12.5. The molecule has 1 fully saturated rings. The van der Waals surface area contributed by atoms with E-state index in [4.69, 9.17) is 9.47 Å². The van der Waals surface area contributed by atoms with Crippen LogP contribution in [0, 0.1) is 0 Å². The highest BCUT2D eigenvalue weighted by Gasteiger charge is 2.28. The molecule has 0 radical (unpaired) electrons. The highest BCUT2D eigenvalue weighted by Crippen LogP contribution is 2.25. The van der Waals surface area contributed by atoms with Crippen LogP contribution in [-0.4, -0.2) is 42.1 Å². The molecular formula is C17H17BrN2O3. The smallest absolute Gasteiger partial charge is 0.253 e. The van der Waals surface area contributed by atoms with E-state index in [1.807, 2.05) is 17.0 Å². The zero-order valence-electron chi connectivity index (χ0n) is 12.7. The number of methoxy groups -OCH3 is 1. The molecule has 0 aliphatic carbocycles. The number of rotatable bonds is 4. The zero-order valence-corrected chi connectivity index (χ0v) is 14.3. The number of ether oxygens (including phenoxy) is 2. The quantitative estimate of drug-likeness (QED) is 0.822. The second kappa shape index (κ2) is 7.00. The molecule has 1 atom stereocenters. The predicted octanol–water partition coefficient (Wildman–Crippen LogP) is 3.15. The van der Waals surface area contributed by atoms with Crippen LogP contribution >= 0.6 is 15.9 Å². The van der Waals surface area contributed by atoms with Crippen molar-refractivity contribution in [3.8, 4) is 11.6 Å². The molecule has 1 aromatic carbocycles. The van der Waals surface area contributed by atoms with Crippen LogP contribution in [0.25, 0.3) is 0 Å². The van der Waals surface area contributed by atoms with Gasteiger partial charge in [0.1, 0.15) is 11.9 Å². The Morgan fingerprint density at radius 3 is 2.78 bits per heavy atom. The molecule has 6 heteroatoms. The minimum atomic E-state index is -0.0385. The third kappa shape index (κ3) is 3.64. The number of benzene rings is 1. The van der Waals surface area contributed by atoms with E-state index >= 15 is 0 Å². The maximum absolute atomic E-state index is 12.5. The summed E-state index contributed by atoms with van der Waals surface area (Å²) in [5.74, 6) is 1.32. The topological polar surface area (TPSA) is 51.7 Å². The van der Waals surface area contributed by atoms with Gasteiger partial charge < -0.3 is 14.4 Å².